The van der Waals surface area contributed by atoms with E-state index in [0.717, 1.165) is 33.3 Å². The fourth-order valence-corrected chi connectivity index (χ4v) is 4.14. The van der Waals surface area contributed by atoms with Crippen LogP contribution in [0.4, 0.5) is 0 Å². The molecule has 0 aliphatic heterocycles. The SMILES string of the molecule is Cn1cncc1C(OCc1ccc(C(=O)O)cn1)c1ccc(C#N)c(-c2cccc3cccnc23)c1. The Morgan fingerprint density at radius 1 is 1.08 bits per heavy atom. The van der Waals surface area contributed by atoms with Crippen LogP contribution in [0.2, 0.25) is 0 Å². The number of carbonyl (C=O) groups is 1. The van der Waals surface area contributed by atoms with Crippen molar-refractivity contribution in [3.63, 3.8) is 0 Å². The van der Waals surface area contributed by atoms with Crippen molar-refractivity contribution in [1.29, 1.82) is 5.26 Å². The van der Waals surface area contributed by atoms with Gasteiger partial charge in [-0.25, -0.2) is 9.78 Å². The minimum Gasteiger partial charge on any atom is -0.478 e. The predicted octanol–water partition coefficient (Wildman–Crippen LogP) is 4.91. The fourth-order valence-electron chi connectivity index (χ4n) is 4.14. The number of nitriles is 1. The molecule has 0 saturated carbocycles. The molecule has 1 atom stereocenters. The molecular weight excluding hydrogens is 454 g/mol. The van der Waals surface area contributed by atoms with Crippen LogP contribution in [0.1, 0.15) is 39.0 Å². The number of benzene rings is 2. The van der Waals surface area contributed by atoms with Crippen molar-refractivity contribution in [3.8, 4) is 17.2 Å². The van der Waals surface area contributed by atoms with E-state index in [1.807, 2.05) is 54.1 Å². The molecule has 0 aliphatic carbocycles. The summed E-state index contributed by atoms with van der Waals surface area (Å²) in [5.41, 5.74) is 5.34. The van der Waals surface area contributed by atoms with Crippen LogP contribution < -0.4 is 0 Å². The molecule has 0 radical (unpaired) electrons. The number of pyridine rings is 2. The van der Waals surface area contributed by atoms with Gasteiger partial charge in [0.25, 0.3) is 0 Å². The zero-order chi connectivity index (χ0) is 25.1. The first kappa shape index (κ1) is 22.9. The lowest BCUT2D eigenvalue weighted by Gasteiger charge is -2.20. The van der Waals surface area contributed by atoms with Crippen LogP contribution in [0.15, 0.2) is 85.6 Å². The highest BCUT2D eigenvalue weighted by molar-refractivity contribution is 5.95. The molecule has 0 amide bonds. The molecule has 1 N–H and O–H groups in total. The highest BCUT2D eigenvalue weighted by atomic mass is 16.5. The Morgan fingerprint density at radius 2 is 1.94 bits per heavy atom. The van der Waals surface area contributed by atoms with Gasteiger partial charge in [-0.3, -0.25) is 9.97 Å². The molecule has 0 bridgehead atoms. The molecular formula is C28H21N5O3. The Hall–Kier alpha value is -4.87. The maximum absolute atomic E-state index is 11.1. The van der Waals surface area contributed by atoms with E-state index in [-0.39, 0.29) is 12.2 Å². The molecule has 5 aromatic rings. The van der Waals surface area contributed by atoms with E-state index >= 15 is 0 Å². The van der Waals surface area contributed by atoms with Crippen molar-refractivity contribution in [2.75, 3.05) is 0 Å². The van der Waals surface area contributed by atoms with Gasteiger partial charge in [-0.2, -0.15) is 5.26 Å². The standard InChI is InChI=1S/C28H21N5O3/c1-33-17-30-15-25(33)27(36-16-22-10-9-21(14-32-22)28(34)35)19-7-8-20(13-29)24(12-19)23-6-2-4-18-5-3-11-31-26(18)23/h2-12,14-15,17,27H,16H2,1H3,(H,34,35). The van der Waals surface area contributed by atoms with Crippen molar-refractivity contribution >= 4 is 16.9 Å². The maximum Gasteiger partial charge on any atom is 0.337 e. The van der Waals surface area contributed by atoms with Crippen molar-refractivity contribution in [3.05, 3.63) is 114 Å². The Bertz CT molecular complexity index is 1600. The van der Waals surface area contributed by atoms with Crippen LogP contribution in [0.3, 0.4) is 0 Å². The van der Waals surface area contributed by atoms with Gasteiger partial charge in [0.15, 0.2) is 0 Å². The van der Waals surface area contributed by atoms with Crippen molar-refractivity contribution in [1.82, 2.24) is 19.5 Å². The third-order valence-corrected chi connectivity index (χ3v) is 5.98. The molecule has 3 heterocycles. The summed E-state index contributed by atoms with van der Waals surface area (Å²) in [5.74, 6) is -1.03. The van der Waals surface area contributed by atoms with E-state index in [2.05, 4.69) is 21.0 Å². The van der Waals surface area contributed by atoms with Crippen molar-refractivity contribution in [2.45, 2.75) is 12.7 Å². The van der Waals surface area contributed by atoms with Crippen LogP contribution in [-0.2, 0) is 18.4 Å². The summed E-state index contributed by atoms with van der Waals surface area (Å²) in [4.78, 5) is 24.2. The molecule has 0 saturated heterocycles. The van der Waals surface area contributed by atoms with E-state index in [1.54, 1.807) is 30.9 Å². The molecule has 5 rings (SSSR count). The summed E-state index contributed by atoms with van der Waals surface area (Å²) in [6.45, 7) is 0.154. The van der Waals surface area contributed by atoms with Gasteiger partial charge < -0.3 is 14.4 Å². The molecule has 1 unspecified atom stereocenters. The minimum absolute atomic E-state index is 0.113. The maximum atomic E-state index is 11.1. The highest BCUT2D eigenvalue weighted by Crippen LogP contribution is 2.34. The molecule has 176 valence electrons. The smallest absolute Gasteiger partial charge is 0.337 e. The zero-order valence-electron chi connectivity index (χ0n) is 19.4. The zero-order valence-corrected chi connectivity index (χ0v) is 19.4. The Kier molecular flexibility index (Phi) is 6.22. The van der Waals surface area contributed by atoms with Gasteiger partial charge in [-0.15, -0.1) is 0 Å². The fraction of sp³-hybridized carbons (Fsp3) is 0.107. The second-order valence-corrected chi connectivity index (χ2v) is 8.26. The summed E-state index contributed by atoms with van der Waals surface area (Å²) in [7, 11) is 1.89. The number of nitrogens with zero attached hydrogens (tertiary/aromatic N) is 5. The van der Waals surface area contributed by atoms with E-state index < -0.39 is 12.1 Å². The number of rotatable bonds is 7. The van der Waals surface area contributed by atoms with Crippen LogP contribution in [-0.4, -0.2) is 30.6 Å². The van der Waals surface area contributed by atoms with Gasteiger partial charge in [0.05, 0.1) is 53.2 Å². The molecule has 0 spiro atoms. The first-order valence-corrected chi connectivity index (χ1v) is 11.2. The lowest BCUT2D eigenvalue weighted by molar-refractivity contribution is 0.0599. The molecule has 2 aromatic carbocycles. The van der Waals surface area contributed by atoms with Crippen LogP contribution >= 0.6 is 0 Å². The lowest BCUT2D eigenvalue weighted by atomic mass is 9.93. The summed E-state index contributed by atoms with van der Waals surface area (Å²) in [6.07, 6.45) is 5.99. The number of carboxylic acids is 1. The molecule has 0 aliphatic rings. The molecule has 8 heteroatoms. The quantitative estimate of drug-likeness (QED) is 0.356. The number of hydrogen-bond acceptors (Lipinski definition) is 6. The topological polar surface area (TPSA) is 114 Å². The monoisotopic (exact) mass is 475 g/mol. The van der Waals surface area contributed by atoms with E-state index in [1.165, 1.54) is 12.3 Å². The molecule has 8 nitrogen and oxygen atoms in total. The summed E-state index contributed by atoms with van der Waals surface area (Å²) < 4.78 is 8.20. The van der Waals surface area contributed by atoms with Gasteiger partial charge in [0.1, 0.15) is 6.10 Å². The first-order chi connectivity index (χ1) is 17.5. The molecule has 3 aromatic heterocycles. The summed E-state index contributed by atoms with van der Waals surface area (Å²) >= 11 is 0. The number of fused-ring (bicyclic) bond motifs is 1. The molecule has 36 heavy (non-hydrogen) atoms. The number of hydrogen-bond donors (Lipinski definition) is 1. The minimum atomic E-state index is -1.03. The lowest BCUT2D eigenvalue weighted by Crippen LogP contribution is -2.11. The number of ether oxygens (including phenoxy) is 1. The van der Waals surface area contributed by atoms with Gasteiger partial charge >= 0.3 is 5.97 Å². The van der Waals surface area contributed by atoms with Gasteiger partial charge in [-0.1, -0.05) is 30.3 Å². The number of aromatic nitrogens is 4. The van der Waals surface area contributed by atoms with Gasteiger partial charge in [0.2, 0.25) is 0 Å². The van der Waals surface area contributed by atoms with Gasteiger partial charge in [-0.05, 0) is 35.9 Å². The summed E-state index contributed by atoms with van der Waals surface area (Å²) in [5, 5.41) is 20.0. The Balaban J connectivity index is 1.56. The van der Waals surface area contributed by atoms with Crippen molar-refractivity contribution in [2.24, 2.45) is 7.05 Å². The highest BCUT2D eigenvalue weighted by Gasteiger charge is 2.21. The number of aromatic carboxylic acids is 1. The van der Waals surface area contributed by atoms with Gasteiger partial charge in [0, 0.05) is 36.0 Å². The van der Waals surface area contributed by atoms with Crippen LogP contribution in [0, 0.1) is 11.3 Å². The molecule has 0 fully saturated rings. The second kappa shape index (κ2) is 9.78. The number of aryl methyl sites for hydroxylation is 1. The number of imidazole rings is 1. The van der Waals surface area contributed by atoms with E-state index in [9.17, 15) is 10.1 Å². The normalized spacial score (nSPS) is 11.8. The number of para-hydroxylation sites is 1. The van der Waals surface area contributed by atoms with E-state index in [0.29, 0.717) is 11.3 Å². The predicted molar refractivity (Wildman–Crippen MR) is 133 cm³/mol. The summed E-state index contributed by atoms with van der Waals surface area (Å²) in [6, 6.07) is 20.8. The first-order valence-electron chi connectivity index (χ1n) is 11.2. The largest absolute Gasteiger partial charge is 0.478 e. The number of carboxylic acid groups (broad SMARTS) is 1. The Morgan fingerprint density at radius 3 is 2.67 bits per heavy atom. The van der Waals surface area contributed by atoms with Crippen molar-refractivity contribution < 1.29 is 14.6 Å². The third kappa shape index (κ3) is 4.43. The average molecular weight is 476 g/mol. The third-order valence-electron chi connectivity index (χ3n) is 5.98. The second-order valence-electron chi connectivity index (χ2n) is 8.26. The van der Waals surface area contributed by atoms with Crippen LogP contribution in [0.5, 0.6) is 0 Å². The average Bonchev–Trinajstić information content (AvgIpc) is 3.34. The van der Waals surface area contributed by atoms with Crippen LogP contribution in [0.25, 0.3) is 22.0 Å². The van der Waals surface area contributed by atoms with E-state index in [4.69, 9.17) is 9.84 Å². The Labute approximate surface area is 207 Å².